The lowest BCUT2D eigenvalue weighted by Gasteiger charge is -2.43. The molecule has 1 rings (SSSR count). The van der Waals surface area contributed by atoms with Gasteiger partial charge in [-0.05, 0) is 5.56 Å². The summed E-state index contributed by atoms with van der Waals surface area (Å²) < 4.78 is 219. The van der Waals surface area contributed by atoms with E-state index in [9.17, 15) is 70.2 Å². The second-order valence-electron chi connectivity index (χ2n) is 6.80. The second kappa shape index (κ2) is 8.62. The van der Waals surface area contributed by atoms with E-state index in [1.807, 2.05) is 0 Å². The largest absolute Gasteiger partial charge is 0.426 e. The molecule has 0 unspecified atom stereocenters. The molecule has 1 aromatic carbocycles. The van der Waals surface area contributed by atoms with E-state index in [1.165, 1.54) is 6.07 Å². The van der Waals surface area contributed by atoms with Gasteiger partial charge in [0.05, 0.1) is 6.61 Å². The first kappa shape index (κ1) is 30.1. The van der Waals surface area contributed by atoms with E-state index in [0.29, 0.717) is 0 Å². The van der Waals surface area contributed by atoms with Crippen LogP contribution in [0, 0.1) is 0 Å². The monoisotopic (exact) mass is 536 g/mol. The molecule has 0 saturated carbocycles. The van der Waals surface area contributed by atoms with Gasteiger partial charge in [0, 0.05) is 6.42 Å². The van der Waals surface area contributed by atoms with Crippen LogP contribution >= 0.6 is 0 Å². The van der Waals surface area contributed by atoms with Crippen LogP contribution in [0.2, 0.25) is 0 Å². The summed E-state index contributed by atoms with van der Waals surface area (Å²) in [5, 5.41) is 0. The van der Waals surface area contributed by atoms with Crippen molar-refractivity contribution in [3.8, 4) is 0 Å². The Bertz CT molecular complexity index is 833. The van der Waals surface area contributed by atoms with Crippen molar-refractivity contribution in [1.29, 1.82) is 0 Å². The van der Waals surface area contributed by atoms with E-state index in [1.54, 1.807) is 0 Å². The third kappa shape index (κ3) is 4.17. The molecule has 0 aliphatic carbocycles. The molecule has 1 aromatic rings. The zero-order chi connectivity index (χ0) is 27.2. The average molecular weight is 536 g/mol. The third-order valence-corrected chi connectivity index (χ3v) is 4.50. The van der Waals surface area contributed by atoms with Crippen LogP contribution in [-0.2, 0) is 11.3 Å². The number of hydrogen-bond donors (Lipinski definition) is 0. The highest BCUT2D eigenvalue weighted by atomic mass is 19.4. The van der Waals surface area contributed by atoms with Gasteiger partial charge in [-0.3, -0.25) is 0 Å². The molecule has 198 valence electrons. The van der Waals surface area contributed by atoms with Crippen LogP contribution in [0.15, 0.2) is 30.3 Å². The Hall–Kier alpha value is -1.94. The quantitative estimate of drug-likeness (QED) is 0.264. The van der Waals surface area contributed by atoms with Gasteiger partial charge in [0.15, 0.2) is 0 Å². The molecular weight excluding hydrogens is 524 g/mol. The Labute approximate surface area is 179 Å². The summed E-state index contributed by atoms with van der Waals surface area (Å²) in [6, 6.07) is 5.13. The van der Waals surface area contributed by atoms with Crippen LogP contribution in [0.3, 0.4) is 0 Å². The molecule has 1 nitrogen and oxygen atoms in total. The van der Waals surface area contributed by atoms with Crippen molar-refractivity contribution in [2.75, 3.05) is 0 Å². The summed E-state index contributed by atoms with van der Waals surface area (Å²) in [4.78, 5) is 0. The van der Waals surface area contributed by atoms with Crippen molar-refractivity contribution in [2.24, 2.45) is 0 Å². The van der Waals surface area contributed by atoms with Gasteiger partial charge in [-0.25, -0.2) is 0 Å². The van der Waals surface area contributed by atoms with Crippen molar-refractivity contribution in [3.63, 3.8) is 0 Å². The van der Waals surface area contributed by atoms with E-state index >= 15 is 0 Å². The molecule has 0 fully saturated rings. The minimum absolute atomic E-state index is 0.0202. The first-order chi connectivity index (χ1) is 14.9. The maximum atomic E-state index is 13.7. The molecule has 17 heteroatoms. The normalized spacial score (nSPS) is 15.6. The zero-order valence-corrected chi connectivity index (χ0v) is 16.3. The molecule has 0 aliphatic heterocycles. The minimum Gasteiger partial charge on any atom is -0.311 e. The summed E-state index contributed by atoms with van der Waals surface area (Å²) in [5.74, 6) is -54.7. The van der Waals surface area contributed by atoms with Crippen molar-refractivity contribution in [3.05, 3.63) is 35.9 Å². The lowest BCUT2D eigenvalue weighted by Crippen LogP contribution is -2.74. The van der Waals surface area contributed by atoms with Crippen LogP contribution in [0.25, 0.3) is 0 Å². The van der Waals surface area contributed by atoms with Crippen LogP contribution in [0.4, 0.5) is 70.2 Å². The van der Waals surface area contributed by atoms with Crippen LogP contribution < -0.4 is 0 Å². The maximum Gasteiger partial charge on any atom is 0.426 e. The summed E-state index contributed by atoms with van der Waals surface area (Å²) in [5.41, 5.74) is -0.466. The van der Waals surface area contributed by atoms with Crippen molar-refractivity contribution < 1.29 is 75.0 Å². The number of rotatable bonds is 11. The van der Waals surface area contributed by atoms with Crippen LogP contribution in [0.1, 0.15) is 18.9 Å². The summed E-state index contributed by atoms with van der Waals surface area (Å²) in [6.07, 6.45) is -9.20. The van der Waals surface area contributed by atoms with E-state index in [2.05, 4.69) is 4.74 Å². The number of benzene rings is 1. The molecule has 0 aromatic heterocycles. The fraction of sp³-hybridized carbons (Fsp3) is 0.647. The highest BCUT2D eigenvalue weighted by Crippen LogP contribution is 2.64. The average Bonchev–Trinajstić information content (AvgIpc) is 2.72. The van der Waals surface area contributed by atoms with Crippen molar-refractivity contribution in [1.82, 2.24) is 0 Å². The van der Waals surface area contributed by atoms with Gasteiger partial charge in [-0.1, -0.05) is 37.3 Å². The molecular formula is C17H12F16O. The minimum atomic E-state index is -8.44. The van der Waals surface area contributed by atoms with Crippen LogP contribution in [0.5, 0.6) is 0 Å². The molecule has 0 saturated heterocycles. The van der Waals surface area contributed by atoms with Gasteiger partial charge in [0.2, 0.25) is 0 Å². The van der Waals surface area contributed by atoms with E-state index in [0.717, 1.165) is 24.3 Å². The number of ether oxygens (including phenoxy) is 1. The van der Waals surface area contributed by atoms with E-state index in [4.69, 9.17) is 0 Å². The molecule has 34 heavy (non-hydrogen) atoms. The topological polar surface area (TPSA) is 9.23 Å². The third-order valence-electron chi connectivity index (χ3n) is 4.50. The Balaban J connectivity index is 3.49. The molecule has 0 N–H and O–H groups in total. The number of hydrogen-bond acceptors (Lipinski definition) is 1. The first-order valence-electron chi connectivity index (χ1n) is 8.59. The summed E-state index contributed by atoms with van der Waals surface area (Å²) in [7, 11) is 0. The Morgan fingerprint density at radius 2 is 0.882 bits per heavy atom. The van der Waals surface area contributed by atoms with Gasteiger partial charge in [0.25, 0.3) is 0 Å². The van der Waals surface area contributed by atoms with Gasteiger partial charge in [-0.15, -0.1) is 0 Å². The Morgan fingerprint density at radius 1 is 0.529 bits per heavy atom. The fourth-order valence-corrected chi connectivity index (χ4v) is 2.26. The van der Waals surface area contributed by atoms with Gasteiger partial charge in [0.1, 0.15) is 0 Å². The molecule has 0 atom stereocenters. The molecule has 0 aliphatic rings. The first-order valence-corrected chi connectivity index (χ1v) is 8.59. The van der Waals surface area contributed by atoms with Gasteiger partial charge in [-0.2, -0.15) is 70.2 Å². The van der Waals surface area contributed by atoms with Crippen LogP contribution in [-0.4, -0.2) is 47.6 Å². The van der Waals surface area contributed by atoms with Crippen molar-refractivity contribution >= 4 is 0 Å². The lowest BCUT2D eigenvalue weighted by atomic mass is 9.88. The summed E-state index contributed by atoms with van der Waals surface area (Å²) >= 11 is 0. The van der Waals surface area contributed by atoms with E-state index < -0.39 is 66.2 Å². The standard InChI is InChI=1S/C17H12F16O/c1-2-10(18,19)11(20,21)12(22,23)13(24,25)14(26,27)15(28,29)16(30,31)17(32,33)34-8-9-6-4-3-5-7-9/h3-7H,2,8H2,1H3. The highest BCUT2D eigenvalue weighted by Gasteiger charge is 2.95. The van der Waals surface area contributed by atoms with Gasteiger partial charge >= 0.3 is 47.6 Å². The van der Waals surface area contributed by atoms with Gasteiger partial charge < -0.3 is 4.74 Å². The fourth-order valence-electron chi connectivity index (χ4n) is 2.26. The lowest BCUT2D eigenvalue weighted by molar-refractivity contribution is -0.473. The predicted octanol–water partition coefficient (Wildman–Crippen LogP) is 7.65. The van der Waals surface area contributed by atoms with Crippen molar-refractivity contribution in [2.45, 2.75) is 67.5 Å². The SMILES string of the molecule is CCC(F)(F)C(F)(F)C(F)(F)C(F)(F)C(F)(F)C(F)(F)C(F)(F)C(F)(F)OCc1ccccc1. The smallest absolute Gasteiger partial charge is 0.311 e. The second-order valence-corrected chi connectivity index (χ2v) is 6.80. The molecule has 0 bridgehead atoms. The predicted molar refractivity (Wildman–Crippen MR) is 81.1 cm³/mol. The highest BCUT2D eigenvalue weighted by molar-refractivity contribution is 5.16. The molecule has 0 heterocycles. The summed E-state index contributed by atoms with van der Waals surface area (Å²) in [6.45, 7) is -1.74. The van der Waals surface area contributed by atoms with E-state index in [-0.39, 0.29) is 6.92 Å². The molecule has 0 amide bonds. The zero-order valence-electron chi connectivity index (χ0n) is 16.3. The maximum absolute atomic E-state index is 13.7. The molecule has 0 spiro atoms. The Morgan fingerprint density at radius 3 is 1.26 bits per heavy atom. The molecule has 0 radical (unpaired) electrons. The number of alkyl halides is 16. The number of halogens is 16. The Kier molecular flexibility index (Phi) is 7.63.